The molecule has 0 bridgehead atoms. The van der Waals surface area contributed by atoms with E-state index >= 15 is 0 Å². The number of halogens is 1. The van der Waals surface area contributed by atoms with Crippen LogP contribution in [-0.2, 0) is 9.53 Å². The van der Waals surface area contributed by atoms with E-state index in [9.17, 15) is 4.79 Å². The molecule has 17 heavy (non-hydrogen) atoms. The van der Waals surface area contributed by atoms with Crippen molar-refractivity contribution >= 4 is 17.4 Å². The highest BCUT2D eigenvalue weighted by molar-refractivity contribution is 6.30. The molecule has 3 nitrogen and oxygen atoms in total. The molecular formula is C13H17ClO3. The van der Waals surface area contributed by atoms with E-state index < -0.39 is 6.10 Å². The normalized spacial score (nSPS) is 12.2. The number of benzene rings is 1. The van der Waals surface area contributed by atoms with Crippen LogP contribution in [0.2, 0.25) is 5.02 Å². The molecule has 0 fully saturated rings. The summed E-state index contributed by atoms with van der Waals surface area (Å²) in [6.45, 7) is 4.39. The number of carbonyl (C=O) groups excluding carboxylic acids is 1. The van der Waals surface area contributed by atoms with Gasteiger partial charge in [-0.2, -0.15) is 0 Å². The van der Waals surface area contributed by atoms with Crippen molar-refractivity contribution in [2.45, 2.75) is 26.4 Å². The van der Waals surface area contributed by atoms with Crippen molar-refractivity contribution in [3.8, 4) is 5.75 Å². The average Bonchev–Trinajstić information content (AvgIpc) is 2.29. The third kappa shape index (κ3) is 5.20. The lowest BCUT2D eigenvalue weighted by Gasteiger charge is -2.13. The summed E-state index contributed by atoms with van der Waals surface area (Å²) >= 11 is 5.82. The molecule has 1 aromatic carbocycles. The van der Waals surface area contributed by atoms with E-state index in [1.165, 1.54) is 0 Å². The summed E-state index contributed by atoms with van der Waals surface area (Å²) in [5, 5.41) is 0.587. The zero-order chi connectivity index (χ0) is 12.7. The predicted molar refractivity (Wildman–Crippen MR) is 67.7 cm³/mol. The molecule has 0 heterocycles. The van der Waals surface area contributed by atoms with Crippen molar-refractivity contribution in [3.63, 3.8) is 0 Å². The van der Waals surface area contributed by atoms with Crippen LogP contribution in [0, 0.1) is 0 Å². The standard InChI is InChI=1S/C13H17ClO3/c1-3-7-16-9-13(15)10(2)17-12-6-4-5-11(14)8-12/h4-6,8,10H,3,7,9H2,1-2H3. The SMILES string of the molecule is CCCOCC(=O)C(C)Oc1cccc(Cl)c1. The number of hydrogen-bond donors (Lipinski definition) is 0. The van der Waals surface area contributed by atoms with Gasteiger partial charge in [-0.15, -0.1) is 0 Å². The van der Waals surface area contributed by atoms with Gasteiger partial charge in [0.15, 0.2) is 11.9 Å². The van der Waals surface area contributed by atoms with Gasteiger partial charge in [-0.25, -0.2) is 0 Å². The molecule has 0 aliphatic carbocycles. The molecule has 4 heteroatoms. The maximum atomic E-state index is 11.6. The number of hydrogen-bond acceptors (Lipinski definition) is 3. The monoisotopic (exact) mass is 256 g/mol. The van der Waals surface area contributed by atoms with Gasteiger partial charge >= 0.3 is 0 Å². The van der Waals surface area contributed by atoms with Gasteiger partial charge in [-0.3, -0.25) is 4.79 Å². The fourth-order valence-electron chi connectivity index (χ4n) is 1.24. The summed E-state index contributed by atoms with van der Waals surface area (Å²) in [6.07, 6.45) is 0.377. The van der Waals surface area contributed by atoms with Crippen LogP contribution in [0.3, 0.4) is 0 Å². The largest absolute Gasteiger partial charge is 0.483 e. The summed E-state index contributed by atoms with van der Waals surface area (Å²) in [4.78, 5) is 11.6. The molecule has 0 aliphatic heterocycles. The molecule has 0 spiro atoms. The first-order valence-corrected chi connectivity index (χ1v) is 6.04. The third-order valence-electron chi connectivity index (χ3n) is 2.16. The van der Waals surface area contributed by atoms with Crippen LogP contribution in [0.25, 0.3) is 0 Å². The quantitative estimate of drug-likeness (QED) is 0.704. The minimum atomic E-state index is -0.523. The van der Waals surface area contributed by atoms with Crippen LogP contribution < -0.4 is 4.74 Å². The molecule has 0 saturated carbocycles. The minimum Gasteiger partial charge on any atom is -0.483 e. The molecule has 0 saturated heterocycles. The Morgan fingerprint density at radius 1 is 1.47 bits per heavy atom. The van der Waals surface area contributed by atoms with Crippen molar-refractivity contribution in [1.29, 1.82) is 0 Å². The van der Waals surface area contributed by atoms with Gasteiger partial charge in [-0.05, 0) is 31.5 Å². The number of rotatable bonds is 7. The van der Waals surface area contributed by atoms with Crippen molar-refractivity contribution < 1.29 is 14.3 Å². The first-order valence-electron chi connectivity index (χ1n) is 5.66. The summed E-state index contributed by atoms with van der Waals surface area (Å²) in [5.41, 5.74) is 0. The minimum absolute atomic E-state index is 0.0709. The molecule has 0 aliphatic rings. The summed E-state index contributed by atoms with van der Waals surface area (Å²) in [6, 6.07) is 6.98. The molecule has 94 valence electrons. The van der Waals surface area contributed by atoms with Crippen LogP contribution >= 0.6 is 11.6 Å². The molecule has 1 rings (SSSR count). The smallest absolute Gasteiger partial charge is 0.198 e. The Balaban J connectivity index is 2.43. The van der Waals surface area contributed by atoms with E-state index in [0.29, 0.717) is 17.4 Å². The second-order valence-electron chi connectivity index (χ2n) is 3.74. The number of ether oxygens (including phenoxy) is 2. The highest BCUT2D eigenvalue weighted by Crippen LogP contribution is 2.18. The Bertz CT molecular complexity index is 365. The molecule has 1 aromatic rings. The first kappa shape index (κ1) is 14.0. The fourth-order valence-corrected chi connectivity index (χ4v) is 1.42. The Morgan fingerprint density at radius 2 is 2.24 bits per heavy atom. The Kier molecular flexibility index (Phi) is 6.01. The topological polar surface area (TPSA) is 35.5 Å². The molecule has 1 unspecified atom stereocenters. The van der Waals surface area contributed by atoms with E-state index in [0.717, 1.165) is 6.42 Å². The lowest BCUT2D eigenvalue weighted by atomic mass is 10.2. The zero-order valence-corrected chi connectivity index (χ0v) is 10.9. The van der Waals surface area contributed by atoms with Crippen molar-refractivity contribution in [2.75, 3.05) is 13.2 Å². The summed E-state index contributed by atoms with van der Waals surface area (Å²) in [5.74, 6) is 0.521. The van der Waals surface area contributed by atoms with Gasteiger partial charge in [0.25, 0.3) is 0 Å². The summed E-state index contributed by atoms with van der Waals surface area (Å²) < 4.78 is 10.6. The van der Waals surface area contributed by atoms with E-state index in [1.807, 2.05) is 6.92 Å². The van der Waals surface area contributed by atoms with E-state index in [-0.39, 0.29) is 12.4 Å². The van der Waals surface area contributed by atoms with Crippen LogP contribution in [-0.4, -0.2) is 25.1 Å². The van der Waals surface area contributed by atoms with Gasteiger partial charge in [0.2, 0.25) is 0 Å². The fraction of sp³-hybridized carbons (Fsp3) is 0.462. The number of carbonyl (C=O) groups is 1. The Hall–Kier alpha value is -1.06. The average molecular weight is 257 g/mol. The maximum Gasteiger partial charge on any atom is 0.198 e. The highest BCUT2D eigenvalue weighted by Gasteiger charge is 2.14. The van der Waals surface area contributed by atoms with Crippen LogP contribution in [0.5, 0.6) is 5.75 Å². The highest BCUT2D eigenvalue weighted by atomic mass is 35.5. The first-order chi connectivity index (χ1) is 8.13. The van der Waals surface area contributed by atoms with E-state index in [1.54, 1.807) is 31.2 Å². The van der Waals surface area contributed by atoms with E-state index in [2.05, 4.69) is 0 Å². The van der Waals surface area contributed by atoms with Crippen molar-refractivity contribution in [1.82, 2.24) is 0 Å². The van der Waals surface area contributed by atoms with Gasteiger partial charge in [0.1, 0.15) is 12.4 Å². The van der Waals surface area contributed by atoms with Gasteiger partial charge in [0.05, 0.1) is 0 Å². The lowest BCUT2D eigenvalue weighted by molar-refractivity contribution is -0.129. The van der Waals surface area contributed by atoms with Crippen LogP contribution in [0.1, 0.15) is 20.3 Å². The van der Waals surface area contributed by atoms with Gasteiger partial charge in [0, 0.05) is 11.6 Å². The molecule has 0 N–H and O–H groups in total. The molecule has 0 aromatic heterocycles. The maximum absolute atomic E-state index is 11.6. The Labute approximate surface area is 107 Å². The second-order valence-corrected chi connectivity index (χ2v) is 4.17. The third-order valence-corrected chi connectivity index (χ3v) is 2.39. The molecular weight excluding hydrogens is 240 g/mol. The van der Waals surface area contributed by atoms with Crippen molar-refractivity contribution in [2.24, 2.45) is 0 Å². The van der Waals surface area contributed by atoms with Crippen LogP contribution in [0.15, 0.2) is 24.3 Å². The molecule has 1 atom stereocenters. The zero-order valence-electron chi connectivity index (χ0n) is 10.1. The second kappa shape index (κ2) is 7.30. The van der Waals surface area contributed by atoms with Gasteiger partial charge < -0.3 is 9.47 Å². The number of ketones is 1. The number of Topliss-reactive ketones (excluding diaryl/α,β-unsaturated/α-hetero) is 1. The predicted octanol–water partition coefficient (Wildman–Crippen LogP) is 3.10. The Morgan fingerprint density at radius 3 is 2.88 bits per heavy atom. The van der Waals surface area contributed by atoms with E-state index in [4.69, 9.17) is 21.1 Å². The van der Waals surface area contributed by atoms with Gasteiger partial charge in [-0.1, -0.05) is 24.6 Å². The molecule has 0 amide bonds. The lowest BCUT2D eigenvalue weighted by Crippen LogP contribution is -2.27. The van der Waals surface area contributed by atoms with Crippen LogP contribution in [0.4, 0.5) is 0 Å². The molecule has 0 radical (unpaired) electrons. The van der Waals surface area contributed by atoms with Crippen molar-refractivity contribution in [3.05, 3.63) is 29.3 Å². The summed E-state index contributed by atoms with van der Waals surface area (Å²) in [7, 11) is 0.